The van der Waals surface area contributed by atoms with Crippen LogP contribution in [0.1, 0.15) is 24.2 Å². The van der Waals surface area contributed by atoms with Crippen molar-refractivity contribution in [1.82, 2.24) is 4.90 Å². The Labute approximate surface area is 118 Å². The lowest BCUT2D eigenvalue weighted by molar-refractivity contribution is -0.142. The quantitative estimate of drug-likeness (QED) is 0.912. The zero-order chi connectivity index (χ0) is 14.7. The van der Waals surface area contributed by atoms with E-state index in [0.717, 1.165) is 5.75 Å². The van der Waals surface area contributed by atoms with Crippen molar-refractivity contribution in [2.75, 3.05) is 19.7 Å². The number of benzene rings is 1. The average molecular weight is 277 g/mol. The first-order chi connectivity index (χ1) is 9.52. The lowest BCUT2D eigenvalue weighted by atomic mass is 9.99. The summed E-state index contributed by atoms with van der Waals surface area (Å²) in [7, 11) is 0. The Bertz CT molecular complexity index is 497. The van der Waals surface area contributed by atoms with E-state index in [1.54, 1.807) is 29.2 Å². The van der Waals surface area contributed by atoms with E-state index in [-0.39, 0.29) is 18.4 Å². The minimum absolute atomic E-state index is 0.0147. The molecule has 5 heteroatoms. The molecule has 1 saturated heterocycles. The fourth-order valence-electron chi connectivity index (χ4n) is 2.50. The molecule has 0 saturated carbocycles. The summed E-state index contributed by atoms with van der Waals surface area (Å²) in [5.74, 6) is -0.716. The van der Waals surface area contributed by atoms with Crippen LogP contribution in [0.3, 0.4) is 0 Å². The van der Waals surface area contributed by atoms with Gasteiger partial charge in [-0.2, -0.15) is 0 Å². The second-order valence-electron chi connectivity index (χ2n) is 5.09. The molecule has 108 valence electrons. The lowest BCUT2D eigenvalue weighted by Crippen LogP contribution is -2.29. The fraction of sp³-hybridized carbons (Fsp3) is 0.467. The maximum atomic E-state index is 12.3. The molecule has 1 aromatic carbocycles. The van der Waals surface area contributed by atoms with Crippen LogP contribution >= 0.6 is 0 Å². The van der Waals surface area contributed by atoms with Gasteiger partial charge in [-0.25, -0.2) is 0 Å². The number of carbonyl (C=O) groups excluding carboxylic acids is 1. The predicted octanol–water partition coefficient (Wildman–Crippen LogP) is 1.88. The van der Waals surface area contributed by atoms with Gasteiger partial charge in [0.2, 0.25) is 0 Å². The number of rotatable bonds is 4. The van der Waals surface area contributed by atoms with E-state index >= 15 is 0 Å². The van der Waals surface area contributed by atoms with Gasteiger partial charge in [-0.15, -0.1) is 0 Å². The van der Waals surface area contributed by atoms with E-state index in [0.29, 0.717) is 18.7 Å². The molecule has 0 aliphatic carbocycles. The third-order valence-electron chi connectivity index (χ3n) is 3.63. The first-order valence-corrected chi connectivity index (χ1v) is 6.78. The SMILES string of the molecule is CCOc1ccc(C(=O)N2CC(C)C(C(=O)O)C2)cc1. The van der Waals surface area contributed by atoms with E-state index in [4.69, 9.17) is 9.84 Å². The monoisotopic (exact) mass is 277 g/mol. The van der Waals surface area contributed by atoms with Gasteiger partial charge < -0.3 is 14.7 Å². The number of carbonyl (C=O) groups is 2. The van der Waals surface area contributed by atoms with E-state index in [9.17, 15) is 9.59 Å². The van der Waals surface area contributed by atoms with Gasteiger partial charge in [0.25, 0.3) is 5.91 Å². The Balaban J connectivity index is 2.06. The molecule has 0 bridgehead atoms. The summed E-state index contributed by atoms with van der Waals surface area (Å²) in [5.41, 5.74) is 0.562. The summed E-state index contributed by atoms with van der Waals surface area (Å²) in [6.45, 7) is 5.11. The number of ether oxygens (including phenoxy) is 1. The van der Waals surface area contributed by atoms with E-state index in [1.165, 1.54) is 0 Å². The molecule has 1 N–H and O–H groups in total. The van der Waals surface area contributed by atoms with Gasteiger partial charge in [0.05, 0.1) is 12.5 Å². The highest BCUT2D eigenvalue weighted by Crippen LogP contribution is 2.25. The smallest absolute Gasteiger partial charge is 0.308 e. The van der Waals surface area contributed by atoms with Crippen LogP contribution in [0.5, 0.6) is 5.75 Å². The topological polar surface area (TPSA) is 66.8 Å². The molecule has 2 rings (SSSR count). The van der Waals surface area contributed by atoms with Crippen LogP contribution in [-0.2, 0) is 4.79 Å². The molecular weight excluding hydrogens is 258 g/mol. The highest BCUT2D eigenvalue weighted by atomic mass is 16.5. The number of hydrogen-bond acceptors (Lipinski definition) is 3. The molecule has 2 unspecified atom stereocenters. The first-order valence-electron chi connectivity index (χ1n) is 6.78. The zero-order valence-corrected chi connectivity index (χ0v) is 11.7. The molecule has 20 heavy (non-hydrogen) atoms. The normalized spacial score (nSPS) is 21.8. The van der Waals surface area contributed by atoms with Crippen LogP contribution in [0, 0.1) is 11.8 Å². The third-order valence-corrected chi connectivity index (χ3v) is 3.63. The highest BCUT2D eigenvalue weighted by molar-refractivity contribution is 5.95. The Morgan fingerprint density at radius 3 is 2.45 bits per heavy atom. The number of carboxylic acids is 1. The van der Waals surface area contributed by atoms with Gasteiger partial charge in [-0.3, -0.25) is 9.59 Å². The largest absolute Gasteiger partial charge is 0.494 e. The van der Waals surface area contributed by atoms with Crippen LogP contribution in [0.15, 0.2) is 24.3 Å². The van der Waals surface area contributed by atoms with E-state index in [2.05, 4.69) is 0 Å². The summed E-state index contributed by atoms with van der Waals surface area (Å²) in [4.78, 5) is 25.0. The summed E-state index contributed by atoms with van der Waals surface area (Å²) in [6.07, 6.45) is 0. The second kappa shape index (κ2) is 5.94. The van der Waals surface area contributed by atoms with E-state index < -0.39 is 11.9 Å². The van der Waals surface area contributed by atoms with Gasteiger partial charge in [0, 0.05) is 18.7 Å². The molecule has 1 aliphatic rings. The molecule has 0 aromatic heterocycles. The Morgan fingerprint density at radius 2 is 1.95 bits per heavy atom. The van der Waals surface area contributed by atoms with Crippen molar-refractivity contribution < 1.29 is 19.4 Å². The number of likely N-dealkylation sites (tertiary alicyclic amines) is 1. The summed E-state index contributed by atoms with van der Waals surface area (Å²) in [5, 5.41) is 9.09. The Hall–Kier alpha value is -2.04. The maximum Gasteiger partial charge on any atom is 0.308 e. The van der Waals surface area contributed by atoms with Gasteiger partial charge in [-0.05, 0) is 37.1 Å². The van der Waals surface area contributed by atoms with Crippen LogP contribution in [-0.4, -0.2) is 41.6 Å². The Kier molecular flexibility index (Phi) is 4.27. The molecule has 1 fully saturated rings. The number of amides is 1. The highest BCUT2D eigenvalue weighted by Gasteiger charge is 2.37. The lowest BCUT2D eigenvalue weighted by Gasteiger charge is -2.16. The number of nitrogens with zero attached hydrogens (tertiary/aromatic N) is 1. The summed E-state index contributed by atoms with van der Waals surface area (Å²) in [6, 6.07) is 6.94. The molecule has 0 radical (unpaired) electrons. The Morgan fingerprint density at radius 1 is 1.30 bits per heavy atom. The van der Waals surface area contributed by atoms with Crippen LogP contribution < -0.4 is 4.74 Å². The van der Waals surface area contributed by atoms with Crippen molar-refractivity contribution in [3.63, 3.8) is 0 Å². The maximum absolute atomic E-state index is 12.3. The number of hydrogen-bond donors (Lipinski definition) is 1. The molecule has 2 atom stereocenters. The van der Waals surface area contributed by atoms with Gasteiger partial charge in [-0.1, -0.05) is 6.92 Å². The standard InChI is InChI=1S/C15H19NO4/c1-3-20-12-6-4-11(5-7-12)14(17)16-8-10(2)13(9-16)15(18)19/h4-7,10,13H,3,8-9H2,1-2H3,(H,18,19). The number of aliphatic carboxylic acids is 1. The second-order valence-corrected chi connectivity index (χ2v) is 5.09. The minimum atomic E-state index is -0.834. The van der Waals surface area contributed by atoms with Crippen LogP contribution in [0.25, 0.3) is 0 Å². The van der Waals surface area contributed by atoms with Crippen LogP contribution in [0.4, 0.5) is 0 Å². The van der Waals surface area contributed by atoms with Crippen molar-refractivity contribution in [3.8, 4) is 5.75 Å². The zero-order valence-electron chi connectivity index (χ0n) is 11.7. The molecule has 1 aliphatic heterocycles. The molecular formula is C15H19NO4. The molecule has 1 heterocycles. The molecule has 1 aromatic rings. The van der Waals surface area contributed by atoms with Crippen molar-refractivity contribution in [1.29, 1.82) is 0 Å². The third kappa shape index (κ3) is 2.92. The van der Waals surface area contributed by atoms with Crippen molar-refractivity contribution in [2.24, 2.45) is 11.8 Å². The van der Waals surface area contributed by atoms with Gasteiger partial charge in [0.1, 0.15) is 5.75 Å². The van der Waals surface area contributed by atoms with Crippen molar-refractivity contribution in [3.05, 3.63) is 29.8 Å². The average Bonchev–Trinajstić information content (AvgIpc) is 2.81. The fourth-order valence-corrected chi connectivity index (χ4v) is 2.50. The predicted molar refractivity (Wildman–Crippen MR) is 73.8 cm³/mol. The van der Waals surface area contributed by atoms with E-state index in [1.807, 2.05) is 13.8 Å². The molecule has 1 amide bonds. The molecule has 0 spiro atoms. The minimum Gasteiger partial charge on any atom is -0.494 e. The van der Waals surface area contributed by atoms with Crippen molar-refractivity contribution in [2.45, 2.75) is 13.8 Å². The molecule has 5 nitrogen and oxygen atoms in total. The van der Waals surface area contributed by atoms with Gasteiger partial charge in [0.15, 0.2) is 0 Å². The van der Waals surface area contributed by atoms with Crippen molar-refractivity contribution >= 4 is 11.9 Å². The summed E-state index contributed by atoms with van der Waals surface area (Å²) < 4.78 is 5.33. The summed E-state index contributed by atoms with van der Waals surface area (Å²) >= 11 is 0. The first kappa shape index (κ1) is 14.4. The van der Waals surface area contributed by atoms with Gasteiger partial charge >= 0.3 is 5.97 Å². The number of carboxylic acid groups (broad SMARTS) is 1. The van der Waals surface area contributed by atoms with Crippen LogP contribution in [0.2, 0.25) is 0 Å².